The quantitative estimate of drug-likeness (QED) is 0.0329. The van der Waals surface area contributed by atoms with Crippen molar-refractivity contribution in [2.45, 2.75) is 27.7 Å². The van der Waals surface area contributed by atoms with Crippen molar-refractivity contribution >= 4 is 108 Å². The van der Waals surface area contributed by atoms with Crippen LogP contribution in [0.4, 0.5) is 0 Å². The van der Waals surface area contributed by atoms with Crippen molar-refractivity contribution in [3.05, 3.63) is 303 Å². The molecule has 0 atom stereocenters. The number of hydrogen-bond acceptors (Lipinski definition) is 24. The van der Waals surface area contributed by atoms with E-state index >= 15 is 0 Å². The maximum absolute atomic E-state index is 10.5. The minimum absolute atomic E-state index is 0.0395. The monoisotopic (exact) mass is 1710 g/mol. The van der Waals surface area contributed by atoms with Crippen LogP contribution in [-0.2, 0) is 0 Å². The molecule has 0 radical (unpaired) electrons. The van der Waals surface area contributed by atoms with E-state index in [1.807, 2.05) is 125 Å². The van der Waals surface area contributed by atoms with Gasteiger partial charge in [0.25, 0.3) is 0 Å². The van der Waals surface area contributed by atoms with Gasteiger partial charge in [-0.05, 0) is 208 Å². The second kappa shape index (κ2) is 35.2. The van der Waals surface area contributed by atoms with E-state index in [-0.39, 0.29) is 93.3 Å². The number of phenols is 8. The lowest BCUT2D eigenvalue weighted by atomic mass is 9.92. The average molecular weight is 1710 g/mol. The van der Waals surface area contributed by atoms with E-state index in [2.05, 4.69) is 183 Å². The predicted octanol–water partition coefficient (Wildman–Crippen LogP) is 23.0. The number of phenolic OH excluding ortho intramolecular Hbond substituents is 8. The van der Waals surface area contributed by atoms with Crippen molar-refractivity contribution in [2.24, 2.45) is 0 Å². The molecule has 0 spiro atoms. The van der Waals surface area contributed by atoms with E-state index in [9.17, 15) is 40.9 Å². The zero-order valence-corrected chi connectivity index (χ0v) is 70.3. The van der Waals surface area contributed by atoms with Crippen LogP contribution >= 0.6 is 0 Å². The van der Waals surface area contributed by atoms with Crippen LogP contribution in [0.2, 0.25) is 0 Å². The van der Waals surface area contributed by atoms with Gasteiger partial charge in [0.1, 0.15) is 46.0 Å². The normalized spacial score (nSPS) is 11.3. The minimum atomic E-state index is -0.126. The zero-order valence-electron chi connectivity index (χ0n) is 70.3. The third-order valence-electron chi connectivity index (χ3n) is 22.2. The van der Waals surface area contributed by atoms with Gasteiger partial charge in [-0.25, -0.2) is 19.9 Å². The molecule has 0 saturated heterocycles. The molecule has 0 amide bonds. The van der Waals surface area contributed by atoms with Crippen molar-refractivity contribution in [1.82, 2.24) is 59.8 Å². The third-order valence-corrected chi connectivity index (χ3v) is 22.2. The van der Waals surface area contributed by atoms with Crippen molar-refractivity contribution < 1.29 is 59.8 Å². The molecule has 130 heavy (non-hydrogen) atoms. The summed E-state index contributed by atoms with van der Waals surface area (Å²) in [5.41, 5.74) is 4.93. The van der Waals surface area contributed by atoms with Crippen molar-refractivity contribution in [3.63, 3.8) is 0 Å². The Hall–Kier alpha value is -17.5. The van der Waals surface area contributed by atoms with E-state index in [0.29, 0.717) is 72.0 Å². The standard InChI is InChI=1S/C29H21N3O3.C27H19N3O3.2C25H19N3O3/c1-2-35-29-31-27(23-14-12-18(33)15-26(23)34)30-28(32-29)25-16-24-19-8-4-3-7-17(19)11-13-22(24)20-9-5-6-10-21(20)25;1-2-33-27-29-25(28-26(30-27)21-13-10-18(31)14-22(21)32)20-12-9-17-7-6-15-4-3-5-16-8-11-19(20)24(17)23(15)16;1-2-31-25-27-23(20-12-11-17(29)14-21(20)30)26-24(28-25)22-18-9-5-3-7-15(18)13-16-8-4-6-10-19(16)22;1-2-31-25-27-23(20-12-11-16(29)14-22(20)30)26-24(28-25)21-13-15-7-3-4-8-17(15)18-9-5-6-10-19(18)21/h3-16,33-34H,2H2,1H3;3-14,31-32H,2H2,1H3;2*3-14,29-30H,2H2,1H3. The fourth-order valence-electron chi connectivity index (χ4n) is 16.5. The van der Waals surface area contributed by atoms with Crippen LogP contribution in [0, 0.1) is 0 Å². The fourth-order valence-corrected chi connectivity index (χ4v) is 16.5. The predicted molar refractivity (Wildman–Crippen MR) is 507 cm³/mol. The zero-order chi connectivity index (χ0) is 89.2. The Morgan fingerprint density at radius 1 is 0.185 bits per heavy atom. The van der Waals surface area contributed by atoms with Gasteiger partial charge in [0.15, 0.2) is 46.6 Å². The van der Waals surface area contributed by atoms with E-state index in [4.69, 9.17) is 28.9 Å². The Morgan fingerprint density at radius 2 is 0.462 bits per heavy atom. The average Bonchev–Trinajstić information content (AvgIpc) is 0.747. The van der Waals surface area contributed by atoms with Crippen LogP contribution in [0.1, 0.15) is 27.7 Å². The Kier molecular flexibility index (Phi) is 22.2. The maximum atomic E-state index is 10.5. The van der Waals surface area contributed by atoms with Gasteiger partial charge >= 0.3 is 24.0 Å². The maximum Gasteiger partial charge on any atom is 0.320 e. The number of fused-ring (bicyclic) bond motifs is 10. The third kappa shape index (κ3) is 16.1. The summed E-state index contributed by atoms with van der Waals surface area (Å²) in [7, 11) is 0. The highest BCUT2D eigenvalue weighted by Gasteiger charge is 2.25. The molecule has 22 aromatic rings. The Morgan fingerprint density at radius 3 is 0.885 bits per heavy atom. The molecule has 4 heterocycles. The number of aromatic hydroxyl groups is 8. The molecule has 0 aliphatic carbocycles. The van der Waals surface area contributed by atoms with Crippen molar-refractivity contribution in [2.75, 3.05) is 26.4 Å². The molecular formula is C106H78N12O12. The molecule has 24 heteroatoms. The first kappa shape index (κ1) is 82.1. The lowest BCUT2D eigenvalue weighted by molar-refractivity contribution is 0.312. The van der Waals surface area contributed by atoms with Gasteiger partial charge in [-0.15, -0.1) is 0 Å². The van der Waals surface area contributed by atoms with Gasteiger partial charge in [-0.3, -0.25) is 0 Å². The molecule has 22 rings (SSSR count). The van der Waals surface area contributed by atoms with Crippen LogP contribution in [0.25, 0.3) is 199 Å². The number of aromatic nitrogens is 12. The Bertz CT molecular complexity index is 8080. The highest BCUT2D eigenvalue weighted by atomic mass is 16.5. The van der Waals surface area contributed by atoms with Crippen LogP contribution in [0.5, 0.6) is 70.0 Å². The summed E-state index contributed by atoms with van der Waals surface area (Å²) in [5, 5.41) is 102. The highest BCUT2D eigenvalue weighted by molar-refractivity contribution is 6.26. The van der Waals surface area contributed by atoms with Gasteiger partial charge < -0.3 is 59.8 Å². The second-order valence-electron chi connectivity index (χ2n) is 30.3. The van der Waals surface area contributed by atoms with E-state index < -0.39 is 0 Å². The molecule has 0 saturated carbocycles. The lowest BCUT2D eigenvalue weighted by Gasteiger charge is -2.14. The summed E-state index contributed by atoms with van der Waals surface area (Å²) in [4.78, 5) is 54.7. The first-order valence-electron chi connectivity index (χ1n) is 42.0. The molecule has 24 nitrogen and oxygen atoms in total. The molecule has 8 N–H and O–H groups in total. The summed E-state index contributed by atoms with van der Waals surface area (Å²) >= 11 is 0. The van der Waals surface area contributed by atoms with Crippen LogP contribution in [0.15, 0.2) is 303 Å². The number of rotatable bonds is 16. The van der Waals surface area contributed by atoms with Gasteiger partial charge in [-0.1, -0.05) is 206 Å². The van der Waals surface area contributed by atoms with E-state index in [1.54, 1.807) is 24.3 Å². The SMILES string of the molecule is CCOc1nc(-c2ccc(O)cc2O)nc(-c2c3ccccc3cc3ccccc23)n1.CCOc1nc(-c2ccc(O)cc2O)nc(-c2cc3c4ccccc4ccc3c3ccccc23)n1.CCOc1nc(-c2ccc(O)cc2O)nc(-c2cc3ccccc3c3ccccc23)n1.CCOc1nc(-c2ccc(O)cc2O)nc(-c2ccc3ccc4cccc5ccc2c3c45)n1. The molecule has 0 aliphatic heterocycles. The summed E-state index contributed by atoms with van der Waals surface area (Å²) < 4.78 is 22.5. The first-order chi connectivity index (χ1) is 63.5. The molecule has 634 valence electrons. The number of hydrogen-bond donors (Lipinski definition) is 8. The Balaban J connectivity index is 0.000000112. The smallest absolute Gasteiger partial charge is 0.320 e. The fraction of sp³-hybridized carbons (Fsp3) is 0.0755. The largest absolute Gasteiger partial charge is 0.508 e. The van der Waals surface area contributed by atoms with Gasteiger partial charge in [0, 0.05) is 46.5 Å². The van der Waals surface area contributed by atoms with E-state index in [1.165, 1.54) is 64.7 Å². The summed E-state index contributed by atoms with van der Waals surface area (Å²) in [6, 6.07) is 96.4. The number of nitrogens with zero attached hydrogens (tertiary/aromatic N) is 12. The second-order valence-corrected chi connectivity index (χ2v) is 30.3. The summed E-state index contributed by atoms with van der Waals surface area (Å²) in [6.45, 7) is 8.98. The van der Waals surface area contributed by atoms with Crippen LogP contribution in [0.3, 0.4) is 0 Å². The van der Waals surface area contributed by atoms with Gasteiger partial charge in [0.05, 0.1) is 48.7 Å². The highest BCUT2D eigenvalue weighted by Crippen LogP contribution is 2.45. The first-order valence-corrected chi connectivity index (χ1v) is 42.0. The minimum Gasteiger partial charge on any atom is -0.508 e. The van der Waals surface area contributed by atoms with Gasteiger partial charge in [0.2, 0.25) is 0 Å². The molecule has 0 unspecified atom stereocenters. The van der Waals surface area contributed by atoms with Crippen molar-refractivity contribution in [1.29, 1.82) is 0 Å². The number of ether oxygens (including phenoxy) is 4. The number of benzene rings is 18. The molecule has 4 aromatic heterocycles. The van der Waals surface area contributed by atoms with Crippen molar-refractivity contribution in [3.8, 4) is 161 Å². The van der Waals surface area contributed by atoms with Crippen LogP contribution in [-0.4, -0.2) is 127 Å². The van der Waals surface area contributed by atoms with Gasteiger partial charge in [-0.2, -0.15) is 39.9 Å². The molecule has 0 bridgehead atoms. The molecule has 0 fully saturated rings. The Labute approximate surface area is 741 Å². The molecular weight excluding hydrogens is 1630 g/mol. The van der Waals surface area contributed by atoms with Crippen LogP contribution < -0.4 is 18.9 Å². The topological polar surface area (TPSA) is 353 Å². The van der Waals surface area contributed by atoms with E-state index in [0.717, 1.165) is 114 Å². The summed E-state index contributed by atoms with van der Waals surface area (Å²) in [6.07, 6.45) is 0. The summed E-state index contributed by atoms with van der Waals surface area (Å²) in [5.74, 6) is 2.20. The molecule has 0 aliphatic rings. The molecule has 18 aromatic carbocycles. The lowest BCUT2D eigenvalue weighted by Crippen LogP contribution is -2.04.